The van der Waals surface area contributed by atoms with Gasteiger partial charge >= 0.3 is 0 Å². The molecule has 0 unspecified atom stereocenters. The molecule has 1 heterocycles. The molecule has 0 fully saturated rings. The predicted molar refractivity (Wildman–Crippen MR) is 65.4 cm³/mol. The molecular formula is C13H8F3N3. The summed E-state index contributed by atoms with van der Waals surface area (Å²) in [4.78, 5) is 3.93. The smallest absolute Gasteiger partial charge is 0.206 e. The van der Waals surface area contributed by atoms with Crippen LogP contribution in [-0.2, 0) is 0 Å². The first-order chi connectivity index (χ1) is 9.08. The van der Waals surface area contributed by atoms with Crippen LogP contribution in [0.3, 0.4) is 0 Å². The molecule has 0 atom stereocenters. The molecule has 0 aliphatic carbocycles. The van der Waals surface area contributed by atoms with E-state index in [2.05, 4.69) is 4.98 Å². The average molecular weight is 263 g/mol. The van der Waals surface area contributed by atoms with Gasteiger partial charge < -0.3 is 5.73 Å². The summed E-state index contributed by atoms with van der Waals surface area (Å²) in [6, 6.07) is 7.69. The van der Waals surface area contributed by atoms with Crippen LogP contribution in [0.15, 0.2) is 36.4 Å². The van der Waals surface area contributed by atoms with Crippen molar-refractivity contribution in [3.05, 3.63) is 53.8 Å². The van der Waals surface area contributed by atoms with E-state index in [1.807, 2.05) is 0 Å². The molecule has 0 amide bonds. The van der Waals surface area contributed by atoms with Gasteiger partial charge in [0.1, 0.15) is 11.3 Å². The Labute approximate surface area is 106 Å². The first-order valence-corrected chi connectivity index (χ1v) is 5.46. The highest BCUT2D eigenvalue weighted by atomic mass is 19.2. The van der Waals surface area contributed by atoms with Crippen LogP contribution in [0.2, 0.25) is 0 Å². The number of imidazole rings is 1. The number of aromatic nitrogens is 2. The molecule has 0 saturated carbocycles. The van der Waals surface area contributed by atoms with Gasteiger partial charge in [-0.2, -0.15) is 0 Å². The number of nitrogen functional groups attached to an aromatic ring is 1. The second-order valence-electron chi connectivity index (χ2n) is 4.01. The Hall–Kier alpha value is -2.50. The van der Waals surface area contributed by atoms with E-state index in [1.54, 1.807) is 0 Å². The Balaban J connectivity index is 2.40. The number of nitrogens with zero attached hydrogens (tertiary/aromatic N) is 2. The fourth-order valence-corrected chi connectivity index (χ4v) is 2.00. The number of nitrogens with two attached hydrogens (primary N) is 1. The van der Waals surface area contributed by atoms with Gasteiger partial charge in [-0.3, -0.25) is 4.57 Å². The van der Waals surface area contributed by atoms with Crippen molar-refractivity contribution in [2.75, 3.05) is 5.73 Å². The summed E-state index contributed by atoms with van der Waals surface area (Å²) < 4.78 is 41.6. The molecule has 6 heteroatoms. The van der Waals surface area contributed by atoms with Gasteiger partial charge in [-0.05, 0) is 30.3 Å². The van der Waals surface area contributed by atoms with Crippen LogP contribution >= 0.6 is 0 Å². The minimum absolute atomic E-state index is 0.0369. The van der Waals surface area contributed by atoms with Crippen molar-refractivity contribution < 1.29 is 13.2 Å². The summed E-state index contributed by atoms with van der Waals surface area (Å²) in [7, 11) is 0. The van der Waals surface area contributed by atoms with Gasteiger partial charge in [-0.25, -0.2) is 18.2 Å². The lowest BCUT2D eigenvalue weighted by molar-refractivity contribution is 0.514. The summed E-state index contributed by atoms with van der Waals surface area (Å²) in [6.45, 7) is 0. The minimum atomic E-state index is -1.06. The van der Waals surface area contributed by atoms with E-state index in [0.29, 0.717) is 0 Å². The third-order valence-electron chi connectivity index (χ3n) is 2.80. The third kappa shape index (κ3) is 1.72. The Morgan fingerprint density at radius 3 is 2.58 bits per heavy atom. The number of rotatable bonds is 1. The van der Waals surface area contributed by atoms with Crippen LogP contribution in [0, 0.1) is 17.5 Å². The summed E-state index contributed by atoms with van der Waals surface area (Å²) >= 11 is 0. The Morgan fingerprint density at radius 2 is 1.84 bits per heavy atom. The van der Waals surface area contributed by atoms with Gasteiger partial charge in [0.2, 0.25) is 5.95 Å². The summed E-state index contributed by atoms with van der Waals surface area (Å²) in [6.07, 6.45) is 0. The molecular weight excluding hydrogens is 255 g/mol. The van der Waals surface area contributed by atoms with E-state index >= 15 is 0 Å². The molecule has 3 aromatic rings. The molecule has 96 valence electrons. The SMILES string of the molecule is Nc1nc2ccc(F)c(F)c2n1-c1cccc(F)c1. The highest BCUT2D eigenvalue weighted by Crippen LogP contribution is 2.26. The molecule has 0 radical (unpaired) electrons. The summed E-state index contributed by atoms with van der Waals surface area (Å²) in [5, 5.41) is 0. The molecule has 0 bridgehead atoms. The quantitative estimate of drug-likeness (QED) is 0.733. The second-order valence-corrected chi connectivity index (χ2v) is 4.01. The lowest BCUT2D eigenvalue weighted by Gasteiger charge is -2.07. The molecule has 19 heavy (non-hydrogen) atoms. The maximum Gasteiger partial charge on any atom is 0.206 e. The second kappa shape index (κ2) is 4.01. The molecule has 0 aliphatic heterocycles. The molecule has 0 saturated heterocycles. The predicted octanol–water partition coefficient (Wildman–Crippen LogP) is 3.03. The fourth-order valence-electron chi connectivity index (χ4n) is 2.00. The van der Waals surface area contributed by atoms with Crippen LogP contribution in [0.25, 0.3) is 16.7 Å². The molecule has 0 spiro atoms. The van der Waals surface area contributed by atoms with E-state index in [9.17, 15) is 13.2 Å². The van der Waals surface area contributed by atoms with Gasteiger partial charge in [-0.1, -0.05) is 6.07 Å². The number of hydrogen-bond acceptors (Lipinski definition) is 2. The summed E-state index contributed by atoms with van der Waals surface area (Å²) in [5.41, 5.74) is 6.08. The van der Waals surface area contributed by atoms with Crippen molar-refractivity contribution in [3.63, 3.8) is 0 Å². The topological polar surface area (TPSA) is 43.8 Å². The lowest BCUT2D eigenvalue weighted by Crippen LogP contribution is -2.02. The Kier molecular flexibility index (Phi) is 2.45. The van der Waals surface area contributed by atoms with Crippen LogP contribution < -0.4 is 5.73 Å². The fraction of sp³-hybridized carbons (Fsp3) is 0. The first-order valence-electron chi connectivity index (χ1n) is 5.46. The van der Waals surface area contributed by atoms with E-state index < -0.39 is 17.5 Å². The number of halogens is 3. The molecule has 0 aliphatic rings. The van der Waals surface area contributed by atoms with E-state index in [1.165, 1.54) is 34.9 Å². The zero-order valence-electron chi connectivity index (χ0n) is 9.57. The number of benzene rings is 2. The van der Waals surface area contributed by atoms with Gasteiger partial charge in [0.25, 0.3) is 0 Å². The maximum atomic E-state index is 13.9. The van der Waals surface area contributed by atoms with Crippen molar-refractivity contribution >= 4 is 17.0 Å². The highest BCUT2D eigenvalue weighted by Gasteiger charge is 2.17. The van der Waals surface area contributed by atoms with Crippen LogP contribution in [0.5, 0.6) is 0 Å². The van der Waals surface area contributed by atoms with Gasteiger partial charge in [0.05, 0.1) is 11.2 Å². The van der Waals surface area contributed by atoms with Gasteiger partial charge in [0, 0.05) is 0 Å². The van der Waals surface area contributed by atoms with Crippen molar-refractivity contribution in [3.8, 4) is 5.69 Å². The van der Waals surface area contributed by atoms with Crippen molar-refractivity contribution in [2.45, 2.75) is 0 Å². The highest BCUT2D eigenvalue weighted by molar-refractivity contribution is 5.81. The Morgan fingerprint density at radius 1 is 1.05 bits per heavy atom. The standard InChI is InChI=1S/C13H8F3N3/c14-7-2-1-3-8(6-7)19-12-10(18-13(19)17)5-4-9(15)11(12)16/h1-6H,(H2,17,18). The zero-order chi connectivity index (χ0) is 13.6. The first kappa shape index (κ1) is 11.6. The number of anilines is 1. The van der Waals surface area contributed by atoms with E-state index in [4.69, 9.17) is 5.73 Å². The van der Waals surface area contributed by atoms with Gasteiger partial charge in [-0.15, -0.1) is 0 Å². The van der Waals surface area contributed by atoms with Crippen molar-refractivity contribution in [1.29, 1.82) is 0 Å². The van der Waals surface area contributed by atoms with Crippen LogP contribution in [0.4, 0.5) is 19.1 Å². The van der Waals surface area contributed by atoms with Gasteiger partial charge in [0.15, 0.2) is 11.6 Å². The monoisotopic (exact) mass is 263 g/mol. The largest absolute Gasteiger partial charge is 0.369 e. The van der Waals surface area contributed by atoms with E-state index in [-0.39, 0.29) is 22.7 Å². The molecule has 1 aromatic heterocycles. The molecule has 2 aromatic carbocycles. The minimum Gasteiger partial charge on any atom is -0.369 e. The number of fused-ring (bicyclic) bond motifs is 1. The molecule has 2 N–H and O–H groups in total. The average Bonchev–Trinajstić information content (AvgIpc) is 2.71. The van der Waals surface area contributed by atoms with E-state index in [0.717, 1.165) is 6.07 Å². The zero-order valence-corrected chi connectivity index (χ0v) is 9.57. The third-order valence-corrected chi connectivity index (χ3v) is 2.80. The van der Waals surface area contributed by atoms with Crippen molar-refractivity contribution in [1.82, 2.24) is 9.55 Å². The summed E-state index contributed by atoms with van der Waals surface area (Å²) in [5.74, 6) is -2.61. The normalized spacial score (nSPS) is 11.1. The number of hydrogen-bond donors (Lipinski definition) is 1. The lowest BCUT2D eigenvalue weighted by atomic mass is 10.2. The molecule has 3 nitrogen and oxygen atoms in total. The maximum absolute atomic E-state index is 13.9. The Bertz CT molecular complexity index is 780. The van der Waals surface area contributed by atoms with Crippen LogP contribution in [0.1, 0.15) is 0 Å². The van der Waals surface area contributed by atoms with Crippen LogP contribution in [-0.4, -0.2) is 9.55 Å². The van der Waals surface area contributed by atoms with Crippen molar-refractivity contribution in [2.24, 2.45) is 0 Å². The molecule has 3 rings (SSSR count).